The Balaban J connectivity index is 2.18. The first-order valence-electron chi connectivity index (χ1n) is 7.95. The average Bonchev–Trinajstić information content (AvgIpc) is 2.57. The molecule has 2 rings (SSSR count). The lowest BCUT2D eigenvalue weighted by molar-refractivity contribution is 0.180. The van der Waals surface area contributed by atoms with Crippen LogP contribution in [0.5, 0.6) is 0 Å². The number of ether oxygens (including phenoxy) is 1. The number of halogens is 1. The van der Waals surface area contributed by atoms with Crippen molar-refractivity contribution in [2.24, 2.45) is 0 Å². The highest BCUT2D eigenvalue weighted by molar-refractivity contribution is 9.10. The van der Waals surface area contributed by atoms with E-state index in [1.807, 2.05) is 0 Å². The van der Waals surface area contributed by atoms with Gasteiger partial charge in [-0.2, -0.15) is 0 Å². The Kier molecular flexibility index (Phi) is 7.03. The molecule has 0 heterocycles. The van der Waals surface area contributed by atoms with Gasteiger partial charge in [0.1, 0.15) is 0 Å². The van der Waals surface area contributed by atoms with E-state index in [9.17, 15) is 16.8 Å². The molecule has 0 aromatic heterocycles. The Morgan fingerprint density at radius 1 is 1.00 bits per heavy atom. The summed E-state index contributed by atoms with van der Waals surface area (Å²) in [5.41, 5.74) is 1.05. The van der Waals surface area contributed by atoms with Crippen LogP contribution in [0.4, 0.5) is 5.69 Å². The molecule has 0 amide bonds. The standard InChI is InChI=1S/C17H21BrN2O5S2/c1-12-10-16(8-9-17(12)18)27(23,24)20-14-4-6-15(7-5-14)26(21,22)19-13(2)11-25-3/h4-10,13,19-20H,11H2,1-3H3. The molecule has 0 radical (unpaired) electrons. The zero-order valence-corrected chi connectivity index (χ0v) is 18.3. The Morgan fingerprint density at radius 2 is 1.59 bits per heavy atom. The zero-order chi connectivity index (χ0) is 20.2. The summed E-state index contributed by atoms with van der Waals surface area (Å²) in [7, 11) is -6.01. The van der Waals surface area contributed by atoms with Crippen LogP contribution >= 0.6 is 15.9 Å². The molecule has 2 N–H and O–H groups in total. The second kappa shape index (κ2) is 8.70. The van der Waals surface area contributed by atoms with Gasteiger partial charge in [-0.25, -0.2) is 21.6 Å². The molecule has 0 aliphatic heterocycles. The van der Waals surface area contributed by atoms with Gasteiger partial charge in [-0.3, -0.25) is 4.72 Å². The van der Waals surface area contributed by atoms with Crippen LogP contribution in [0, 0.1) is 6.92 Å². The summed E-state index contributed by atoms with van der Waals surface area (Å²) in [6, 6.07) is 9.79. The minimum absolute atomic E-state index is 0.0351. The molecule has 1 unspecified atom stereocenters. The fraction of sp³-hybridized carbons (Fsp3) is 0.294. The Bertz CT molecular complexity index is 1010. The second-order valence-electron chi connectivity index (χ2n) is 6.02. The number of aryl methyl sites for hydroxylation is 1. The fourth-order valence-electron chi connectivity index (χ4n) is 2.32. The molecule has 0 spiro atoms. The van der Waals surface area contributed by atoms with Gasteiger partial charge in [-0.1, -0.05) is 15.9 Å². The summed E-state index contributed by atoms with van der Waals surface area (Å²) >= 11 is 3.33. The molecule has 7 nitrogen and oxygen atoms in total. The maximum atomic E-state index is 12.5. The van der Waals surface area contributed by atoms with E-state index in [0.717, 1.165) is 10.0 Å². The molecule has 2 aromatic rings. The molecule has 148 valence electrons. The first-order chi connectivity index (χ1) is 12.5. The zero-order valence-electron chi connectivity index (χ0n) is 15.1. The molecule has 0 fully saturated rings. The molecule has 0 bridgehead atoms. The summed E-state index contributed by atoms with van der Waals surface area (Å²) in [4.78, 5) is 0.155. The largest absolute Gasteiger partial charge is 0.383 e. The van der Waals surface area contributed by atoms with Crippen molar-refractivity contribution in [2.45, 2.75) is 29.7 Å². The number of sulfonamides is 2. The third-order valence-corrected chi connectivity index (χ3v) is 7.50. The van der Waals surface area contributed by atoms with Crippen molar-refractivity contribution in [1.82, 2.24) is 4.72 Å². The lowest BCUT2D eigenvalue weighted by atomic mass is 10.2. The van der Waals surface area contributed by atoms with Crippen LogP contribution in [0.1, 0.15) is 12.5 Å². The third kappa shape index (κ3) is 5.76. The van der Waals surface area contributed by atoms with Gasteiger partial charge in [-0.05, 0) is 61.9 Å². The molecule has 0 saturated heterocycles. The summed E-state index contributed by atoms with van der Waals surface area (Å²) in [6.45, 7) is 3.72. The normalized spacial score (nSPS) is 13.3. The second-order valence-corrected chi connectivity index (χ2v) is 10.3. The predicted octanol–water partition coefficient (Wildman–Crippen LogP) is 2.87. The number of rotatable bonds is 8. The highest BCUT2D eigenvalue weighted by Gasteiger charge is 2.19. The first kappa shape index (κ1) is 21.8. The Hall–Kier alpha value is -1.46. The summed E-state index contributed by atoms with van der Waals surface area (Å²) in [6.07, 6.45) is 0. The third-order valence-electron chi connectivity index (χ3n) is 3.63. The van der Waals surface area contributed by atoms with E-state index < -0.39 is 20.0 Å². The highest BCUT2D eigenvalue weighted by atomic mass is 79.9. The molecule has 0 saturated carbocycles. The van der Waals surface area contributed by atoms with Crippen molar-refractivity contribution in [3.8, 4) is 0 Å². The molecule has 0 aliphatic carbocycles. The monoisotopic (exact) mass is 476 g/mol. The van der Waals surface area contributed by atoms with Crippen molar-refractivity contribution >= 4 is 41.7 Å². The molecule has 2 aromatic carbocycles. The van der Waals surface area contributed by atoms with Gasteiger partial charge in [0, 0.05) is 23.3 Å². The summed E-state index contributed by atoms with van der Waals surface area (Å²) in [5.74, 6) is 0. The van der Waals surface area contributed by atoms with Gasteiger partial charge in [0.15, 0.2) is 0 Å². The van der Waals surface area contributed by atoms with Gasteiger partial charge < -0.3 is 4.74 Å². The van der Waals surface area contributed by atoms with Crippen LogP contribution in [0.25, 0.3) is 0 Å². The van der Waals surface area contributed by atoms with Crippen LogP contribution in [-0.4, -0.2) is 36.6 Å². The van der Waals surface area contributed by atoms with Gasteiger partial charge in [0.2, 0.25) is 10.0 Å². The molecule has 10 heteroatoms. The van der Waals surface area contributed by atoms with Gasteiger partial charge in [0.05, 0.1) is 16.4 Å². The van der Waals surface area contributed by atoms with Crippen LogP contribution in [0.2, 0.25) is 0 Å². The number of hydrogen-bond acceptors (Lipinski definition) is 5. The molecule has 27 heavy (non-hydrogen) atoms. The number of nitrogens with one attached hydrogen (secondary N) is 2. The minimum atomic E-state index is -3.78. The smallest absolute Gasteiger partial charge is 0.261 e. The lowest BCUT2D eigenvalue weighted by Crippen LogP contribution is -2.35. The van der Waals surface area contributed by atoms with E-state index >= 15 is 0 Å². The minimum Gasteiger partial charge on any atom is -0.383 e. The molecule has 1 atom stereocenters. The SMILES string of the molecule is COCC(C)NS(=O)(=O)c1ccc(NS(=O)(=O)c2ccc(Br)c(C)c2)cc1. The maximum absolute atomic E-state index is 12.5. The van der Waals surface area contributed by atoms with Crippen molar-refractivity contribution in [3.05, 3.63) is 52.5 Å². The first-order valence-corrected chi connectivity index (χ1v) is 11.7. The van der Waals surface area contributed by atoms with Gasteiger partial charge in [0.25, 0.3) is 10.0 Å². The topological polar surface area (TPSA) is 102 Å². The van der Waals surface area contributed by atoms with Crippen molar-refractivity contribution < 1.29 is 21.6 Å². The van der Waals surface area contributed by atoms with Crippen molar-refractivity contribution in [3.63, 3.8) is 0 Å². The van der Waals surface area contributed by atoms with Crippen LogP contribution in [0.3, 0.4) is 0 Å². The van der Waals surface area contributed by atoms with E-state index in [4.69, 9.17) is 4.74 Å². The van der Waals surface area contributed by atoms with Crippen molar-refractivity contribution in [1.29, 1.82) is 0 Å². The molecule has 0 aliphatic rings. The molecular weight excluding hydrogens is 456 g/mol. The quantitative estimate of drug-likeness (QED) is 0.609. The van der Waals surface area contributed by atoms with Crippen LogP contribution in [-0.2, 0) is 24.8 Å². The van der Waals surface area contributed by atoms with Crippen molar-refractivity contribution in [2.75, 3.05) is 18.4 Å². The van der Waals surface area contributed by atoms with Gasteiger partial charge in [-0.15, -0.1) is 0 Å². The van der Waals surface area contributed by atoms with E-state index in [1.54, 1.807) is 26.0 Å². The Labute approximate surface area is 168 Å². The van der Waals surface area contributed by atoms with E-state index in [2.05, 4.69) is 25.4 Å². The number of methoxy groups -OCH3 is 1. The number of anilines is 1. The van der Waals surface area contributed by atoms with Gasteiger partial charge >= 0.3 is 0 Å². The number of hydrogen-bond donors (Lipinski definition) is 2. The van der Waals surface area contributed by atoms with E-state index in [0.29, 0.717) is 0 Å². The summed E-state index contributed by atoms with van der Waals surface area (Å²) < 4.78 is 60.2. The number of benzene rings is 2. The van der Waals surface area contributed by atoms with E-state index in [1.165, 1.54) is 37.4 Å². The van der Waals surface area contributed by atoms with E-state index in [-0.39, 0.29) is 28.1 Å². The van der Waals surface area contributed by atoms with Crippen LogP contribution in [0.15, 0.2) is 56.7 Å². The van der Waals surface area contributed by atoms with Crippen LogP contribution < -0.4 is 9.44 Å². The predicted molar refractivity (Wildman–Crippen MR) is 108 cm³/mol. The fourth-order valence-corrected chi connectivity index (χ4v) is 4.94. The average molecular weight is 477 g/mol. The molecular formula is C17H21BrN2O5S2. The lowest BCUT2D eigenvalue weighted by Gasteiger charge is -2.14. The Morgan fingerprint density at radius 3 is 2.15 bits per heavy atom. The summed E-state index contributed by atoms with van der Waals surface area (Å²) in [5, 5.41) is 0. The highest BCUT2D eigenvalue weighted by Crippen LogP contribution is 2.23. The maximum Gasteiger partial charge on any atom is 0.261 e.